The van der Waals surface area contributed by atoms with Crippen LogP contribution in [-0.4, -0.2) is 5.78 Å². The molecule has 1 heterocycles. The number of ketones is 1. The molecule has 0 amide bonds. The molecule has 108 valence electrons. The van der Waals surface area contributed by atoms with E-state index in [0.29, 0.717) is 0 Å². The minimum atomic E-state index is 0.0668. The molecule has 0 radical (unpaired) electrons. The fourth-order valence-electron chi connectivity index (χ4n) is 2.93. The van der Waals surface area contributed by atoms with Gasteiger partial charge in [-0.05, 0) is 18.6 Å². The third-order valence-electron chi connectivity index (χ3n) is 4.24. The fraction of sp³-hybridized carbons (Fsp3) is 0.150. The Hall–Kier alpha value is -2.61. The second-order valence-electron chi connectivity index (χ2n) is 5.75. The van der Waals surface area contributed by atoms with E-state index in [1.165, 1.54) is 0 Å². The Morgan fingerprint density at radius 2 is 1.55 bits per heavy atom. The molecule has 4 rings (SSSR count). The molecule has 1 aliphatic rings. The first-order valence-electron chi connectivity index (χ1n) is 7.57. The van der Waals surface area contributed by atoms with Crippen molar-refractivity contribution in [3.8, 4) is 11.3 Å². The number of hydrogen-bond acceptors (Lipinski definition) is 2. The first kappa shape index (κ1) is 13.1. The molecule has 0 N–H and O–H groups in total. The van der Waals surface area contributed by atoms with Crippen LogP contribution in [0.2, 0.25) is 0 Å². The summed E-state index contributed by atoms with van der Waals surface area (Å²) in [5, 5.41) is 0. The number of benzene rings is 2. The van der Waals surface area contributed by atoms with E-state index >= 15 is 0 Å². The fourth-order valence-corrected chi connectivity index (χ4v) is 2.93. The number of hydrogen-bond donors (Lipinski definition) is 0. The molecule has 2 nitrogen and oxygen atoms in total. The summed E-state index contributed by atoms with van der Waals surface area (Å²) >= 11 is 0. The lowest BCUT2D eigenvalue weighted by molar-refractivity contribution is 0.0964. The van der Waals surface area contributed by atoms with Gasteiger partial charge in [0.1, 0.15) is 11.5 Å². The van der Waals surface area contributed by atoms with Crippen molar-refractivity contribution in [2.75, 3.05) is 0 Å². The molecular formula is C20H16O2. The molecule has 0 spiro atoms. The summed E-state index contributed by atoms with van der Waals surface area (Å²) in [5.41, 5.74) is 1.87. The average molecular weight is 288 g/mol. The summed E-state index contributed by atoms with van der Waals surface area (Å²) in [6, 6.07) is 23.6. The SMILES string of the molecule is O=C(c1ccccc1)[C@H]1C[C@@H]1c1ccc(-c2ccccc2)o1. The van der Waals surface area contributed by atoms with Crippen LogP contribution in [0.5, 0.6) is 0 Å². The molecule has 0 saturated heterocycles. The van der Waals surface area contributed by atoms with E-state index in [1.54, 1.807) is 0 Å². The zero-order valence-corrected chi connectivity index (χ0v) is 12.1. The topological polar surface area (TPSA) is 30.2 Å². The molecule has 1 aromatic heterocycles. The third-order valence-corrected chi connectivity index (χ3v) is 4.24. The Bertz CT molecular complexity index is 787. The zero-order valence-electron chi connectivity index (χ0n) is 12.1. The molecule has 0 bridgehead atoms. The number of rotatable bonds is 4. The van der Waals surface area contributed by atoms with Gasteiger partial charge in [-0.2, -0.15) is 0 Å². The standard InChI is InChI=1S/C20H16O2/c21-20(15-9-5-2-6-10-15)17-13-16(17)19-12-11-18(22-19)14-7-3-1-4-8-14/h1-12,16-17H,13H2/t16-,17-/m0/s1. The normalized spacial score (nSPS) is 19.8. The molecular weight excluding hydrogens is 272 g/mol. The second kappa shape index (κ2) is 5.30. The van der Waals surface area contributed by atoms with Crippen LogP contribution in [-0.2, 0) is 0 Å². The van der Waals surface area contributed by atoms with E-state index in [2.05, 4.69) is 0 Å². The van der Waals surface area contributed by atoms with E-state index in [1.807, 2.05) is 72.8 Å². The van der Waals surface area contributed by atoms with E-state index < -0.39 is 0 Å². The van der Waals surface area contributed by atoms with Crippen LogP contribution in [0.25, 0.3) is 11.3 Å². The van der Waals surface area contributed by atoms with E-state index in [9.17, 15) is 4.79 Å². The smallest absolute Gasteiger partial charge is 0.166 e. The largest absolute Gasteiger partial charge is 0.461 e. The highest BCUT2D eigenvalue weighted by atomic mass is 16.3. The van der Waals surface area contributed by atoms with Gasteiger partial charge < -0.3 is 4.42 Å². The Kier molecular flexibility index (Phi) is 3.15. The Balaban J connectivity index is 1.51. The summed E-state index contributed by atoms with van der Waals surface area (Å²) in [6.07, 6.45) is 0.884. The minimum Gasteiger partial charge on any atom is -0.461 e. The van der Waals surface area contributed by atoms with Crippen LogP contribution >= 0.6 is 0 Å². The van der Waals surface area contributed by atoms with E-state index in [-0.39, 0.29) is 17.6 Å². The van der Waals surface area contributed by atoms with Crippen molar-refractivity contribution >= 4 is 5.78 Å². The van der Waals surface area contributed by atoms with E-state index in [0.717, 1.165) is 29.1 Å². The molecule has 2 atom stereocenters. The number of furan rings is 1. The molecule has 0 aliphatic heterocycles. The summed E-state index contributed by atoms with van der Waals surface area (Å²) in [7, 11) is 0. The van der Waals surface area contributed by atoms with Crippen molar-refractivity contribution in [2.24, 2.45) is 5.92 Å². The van der Waals surface area contributed by atoms with Crippen molar-refractivity contribution in [2.45, 2.75) is 12.3 Å². The lowest BCUT2D eigenvalue weighted by atomic mass is 10.1. The highest BCUT2D eigenvalue weighted by molar-refractivity contribution is 6.00. The first-order valence-corrected chi connectivity index (χ1v) is 7.57. The van der Waals surface area contributed by atoms with Crippen molar-refractivity contribution in [3.05, 3.63) is 84.1 Å². The van der Waals surface area contributed by atoms with Crippen molar-refractivity contribution in [1.82, 2.24) is 0 Å². The Labute approximate surface area is 129 Å². The molecule has 1 fully saturated rings. The zero-order chi connectivity index (χ0) is 14.9. The number of carbonyl (C=O) groups excluding carboxylic acids is 1. The molecule has 1 saturated carbocycles. The van der Waals surface area contributed by atoms with Gasteiger partial charge in [-0.25, -0.2) is 0 Å². The summed E-state index contributed by atoms with van der Waals surface area (Å²) in [5.74, 6) is 2.31. The minimum absolute atomic E-state index is 0.0668. The monoisotopic (exact) mass is 288 g/mol. The van der Waals surface area contributed by atoms with Gasteiger partial charge in [0.2, 0.25) is 0 Å². The van der Waals surface area contributed by atoms with Gasteiger partial charge in [-0.3, -0.25) is 4.79 Å². The third kappa shape index (κ3) is 2.37. The highest BCUT2D eigenvalue weighted by Crippen LogP contribution is 2.50. The van der Waals surface area contributed by atoms with Gasteiger partial charge in [0.05, 0.1) is 0 Å². The van der Waals surface area contributed by atoms with Gasteiger partial charge in [-0.1, -0.05) is 60.7 Å². The predicted molar refractivity (Wildman–Crippen MR) is 85.8 cm³/mol. The second-order valence-corrected chi connectivity index (χ2v) is 5.75. The maximum Gasteiger partial charge on any atom is 0.166 e. The van der Waals surface area contributed by atoms with Crippen LogP contribution in [0.3, 0.4) is 0 Å². The maximum absolute atomic E-state index is 12.4. The van der Waals surface area contributed by atoms with Crippen molar-refractivity contribution < 1.29 is 9.21 Å². The Morgan fingerprint density at radius 1 is 0.864 bits per heavy atom. The van der Waals surface area contributed by atoms with Crippen LogP contribution < -0.4 is 0 Å². The number of Topliss-reactive ketones (excluding diaryl/α,β-unsaturated/α-hetero) is 1. The summed E-state index contributed by atoms with van der Waals surface area (Å²) in [6.45, 7) is 0. The van der Waals surface area contributed by atoms with Crippen LogP contribution in [0.4, 0.5) is 0 Å². The van der Waals surface area contributed by atoms with Gasteiger partial charge >= 0.3 is 0 Å². The molecule has 0 unspecified atom stereocenters. The van der Waals surface area contributed by atoms with Crippen LogP contribution in [0.1, 0.15) is 28.5 Å². The van der Waals surface area contributed by atoms with Gasteiger partial charge in [0.25, 0.3) is 0 Å². The van der Waals surface area contributed by atoms with Gasteiger partial charge in [0.15, 0.2) is 5.78 Å². The molecule has 2 aromatic carbocycles. The van der Waals surface area contributed by atoms with E-state index in [4.69, 9.17) is 4.42 Å². The highest BCUT2D eigenvalue weighted by Gasteiger charge is 2.46. The maximum atomic E-state index is 12.4. The first-order chi connectivity index (χ1) is 10.8. The van der Waals surface area contributed by atoms with Crippen LogP contribution in [0, 0.1) is 5.92 Å². The quantitative estimate of drug-likeness (QED) is 0.637. The summed E-state index contributed by atoms with van der Waals surface area (Å²) in [4.78, 5) is 12.4. The molecule has 1 aliphatic carbocycles. The average Bonchev–Trinajstić information content (AvgIpc) is 3.24. The molecule has 22 heavy (non-hydrogen) atoms. The Morgan fingerprint density at radius 3 is 2.27 bits per heavy atom. The number of carbonyl (C=O) groups is 1. The van der Waals surface area contributed by atoms with Crippen LogP contribution in [0.15, 0.2) is 77.2 Å². The lowest BCUT2D eigenvalue weighted by Crippen LogP contribution is -2.02. The summed E-state index contributed by atoms with van der Waals surface area (Å²) < 4.78 is 5.96. The predicted octanol–water partition coefficient (Wildman–Crippen LogP) is 4.93. The molecule has 3 aromatic rings. The lowest BCUT2D eigenvalue weighted by Gasteiger charge is -1.99. The van der Waals surface area contributed by atoms with Gasteiger partial charge in [0, 0.05) is 23.0 Å². The van der Waals surface area contributed by atoms with Crippen molar-refractivity contribution in [3.63, 3.8) is 0 Å². The molecule has 2 heteroatoms. The van der Waals surface area contributed by atoms with Crippen molar-refractivity contribution in [1.29, 1.82) is 0 Å². The van der Waals surface area contributed by atoms with Gasteiger partial charge in [-0.15, -0.1) is 0 Å².